The van der Waals surface area contributed by atoms with Crippen LogP contribution in [0.3, 0.4) is 0 Å². The van der Waals surface area contributed by atoms with E-state index in [1.165, 1.54) is 31.4 Å². The van der Waals surface area contributed by atoms with Gasteiger partial charge in [0.15, 0.2) is 0 Å². The van der Waals surface area contributed by atoms with Crippen molar-refractivity contribution in [3.05, 3.63) is 29.6 Å². The molecule has 1 aromatic rings. The second kappa shape index (κ2) is 5.70. The normalized spacial score (nSPS) is 34.3. The Bertz CT molecular complexity index is 626. The van der Waals surface area contributed by atoms with Crippen molar-refractivity contribution in [3.8, 4) is 0 Å². The molecule has 0 radical (unpaired) electrons. The van der Waals surface area contributed by atoms with Crippen LogP contribution in [0.5, 0.6) is 0 Å². The fourth-order valence-corrected chi connectivity index (χ4v) is 5.54. The minimum atomic E-state index is -0.0999. The molecule has 4 aliphatic rings. The summed E-state index contributed by atoms with van der Waals surface area (Å²) in [7, 11) is 0. The predicted octanol–water partition coefficient (Wildman–Crippen LogP) is 3.40. The van der Waals surface area contributed by atoms with Gasteiger partial charge >= 0.3 is 0 Å². The molecule has 3 heterocycles. The van der Waals surface area contributed by atoms with Crippen LogP contribution in [0.15, 0.2) is 18.2 Å². The number of benzene rings is 1. The van der Waals surface area contributed by atoms with E-state index in [0.29, 0.717) is 6.10 Å². The van der Waals surface area contributed by atoms with Crippen LogP contribution in [-0.4, -0.2) is 43.8 Å². The van der Waals surface area contributed by atoms with Crippen LogP contribution in [0.1, 0.15) is 37.7 Å². The van der Waals surface area contributed by atoms with E-state index in [1.54, 1.807) is 12.1 Å². The van der Waals surface area contributed by atoms with Crippen molar-refractivity contribution >= 4 is 5.69 Å². The van der Waals surface area contributed by atoms with Crippen LogP contribution in [0.25, 0.3) is 0 Å². The lowest BCUT2D eigenvalue weighted by Gasteiger charge is -2.50. The summed E-state index contributed by atoms with van der Waals surface area (Å²) in [5, 5.41) is 3.50. The second-order valence-electron chi connectivity index (χ2n) is 8.34. The van der Waals surface area contributed by atoms with Crippen LogP contribution in [0.2, 0.25) is 0 Å². The topological polar surface area (TPSA) is 24.5 Å². The molecule has 130 valence electrons. The lowest BCUT2D eigenvalue weighted by molar-refractivity contribution is -0.127. The molecule has 1 spiro atoms. The number of anilines is 1. The standard InChI is InChI=1S/C20H27FN2O/c21-15-3-4-18-17(11-15)20(13-22-18)5-7-23(8-6-20)12-14-10-19-16(14)2-1-9-24-19/h3-4,11,14,16,19,22H,1-2,5-10,12-13H2/t14-,16+,19?/m0/s1. The number of hydrogen-bond donors (Lipinski definition) is 1. The molecule has 0 bridgehead atoms. The zero-order valence-electron chi connectivity index (χ0n) is 14.3. The van der Waals surface area contributed by atoms with Crippen molar-refractivity contribution in [2.45, 2.75) is 43.6 Å². The molecule has 2 saturated heterocycles. The van der Waals surface area contributed by atoms with Crippen molar-refractivity contribution in [1.29, 1.82) is 0 Å². The van der Waals surface area contributed by atoms with Crippen molar-refractivity contribution in [1.82, 2.24) is 4.90 Å². The van der Waals surface area contributed by atoms with Gasteiger partial charge in [0.25, 0.3) is 0 Å². The Kier molecular flexibility index (Phi) is 3.60. The number of nitrogens with one attached hydrogen (secondary N) is 1. The van der Waals surface area contributed by atoms with E-state index in [9.17, 15) is 4.39 Å². The van der Waals surface area contributed by atoms with Crippen molar-refractivity contribution in [3.63, 3.8) is 0 Å². The Morgan fingerprint density at radius 2 is 2.17 bits per heavy atom. The van der Waals surface area contributed by atoms with Gasteiger partial charge in [-0.3, -0.25) is 0 Å². The molecule has 24 heavy (non-hydrogen) atoms. The number of likely N-dealkylation sites (tertiary alicyclic amines) is 1. The third-order valence-electron chi connectivity index (χ3n) is 7.11. The number of hydrogen-bond acceptors (Lipinski definition) is 3. The number of rotatable bonds is 2. The summed E-state index contributed by atoms with van der Waals surface area (Å²) in [5.74, 6) is 1.56. The lowest BCUT2D eigenvalue weighted by atomic mass is 9.67. The minimum absolute atomic E-state index is 0.0999. The van der Waals surface area contributed by atoms with E-state index in [2.05, 4.69) is 10.2 Å². The molecule has 5 rings (SSSR count). The highest BCUT2D eigenvalue weighted by Gasteiger charge is 2.46. The Morgan fingerprint density at radius 1 is 1.29 bits per heavy atom. The molecule has 0 aromatic heterocycles. The molecular weight excluding hydrogens is 303 g/mol. The first-order valence-electron chi connectivity index (χ1n) is 9.61. The van der Waals surface area contributed by atoms with Gasteiger partial charge in [0, 0.05) is 30.8 Å². The first-order chi connectivity index (χ1) is 11.7. The SMILES string of the molecule is Fc1ccc2c(c1)C1(CCN(C[C@@H]3CC4OCCC[C@@H]43)CC1)CN2. The first kappa shape index (κ1) is 15.2. The van der Waals surface area contributed by atoms with E-state index in [-0.39, 0.29) is 11.2 Å². The summed E-state index contributed by atoms with van der Waals surface area (Å²) in [6.45, 7) is 5.48. The Hall–Kier alpha value is -1.13. The van der Waals surface area contributed by atoms with Crippen molar-refractivity contribution in [2.24, 2.45) is 11.8 Å². The zero-order valence-corrected chi connectivity index (χ0v) is 14.3. The van der Waals surface area contributed by atoms with Gasteiger partial charge in [0.05, 0.1) is 6.10 Å². The van der Waals surface area contributed by atoms with E-state index >= 15 is 0 Å². The predicted molar refractivity (Wildman–Crippen MR) is 92.8 cm³/mol. The molecule has 3 nitrogen and oxygen atoms in total. The number of piperidine rings is 1. The number of nitrogens with zero attached hydrogens (tertiary/aromatic N) is 1. The Labute approximate surface area is 143 Å². The molecule has 3 fully saturated rings. The van der Waals surface area contributed by atoms with Crippen LogP contribution in [-0.2, 0) is 10.2 Å². The van der Waals surface area contributed by atoms with Crippen molar-refractivity contribution in [2.75, 3.05) is 38.1 Å². The fraction of sp³-hybridized carbons (Fsp3) is 0.700. The number of halogens is 1. The van der Waals surface area contributed by atoms with Gasteiger partial charge in [-0.1, -0.05) is 0 Å². The highest BCUT2D eigenvalue weighted by molar-refractivity contribution is 5.60. The van der Waals surface area contributed by atoms with E-state index in [4.69, 9.17) is 4.74 Å². The third kappa shape index (κ3) is 2.38. The Balaban J connectivity index is 1.22. The zero-order chi connectivity index (χ0) is 16.1. The highest BCUT2D eigenvalue weighted by atomic mass is 19.1. The average molecular weight is 330 g/mol. The Morgan fingerprint density at radius 3 is 3.00 bits per heavy atom. The van der Waals surface area contributed by atoms with Gasteiger partial charge < -0.3 is 15.0 Å². The minimum Gasteiger partial charge on any atom is -0.384 e. The van der Waals surface area contributed by atoms with Crippen LogP contribution in [0.4, 0.5) is 10.1 Å². The molecule has 1 aliphatic carbocycles. The molecule has 3 atom stereocenters. The van der Waals surface area contributed by atoms with Crippen LogP contribution < -0.4 is 5.32 Å². The summed E-state index contributed by atoms with van der Waals surface area (Å²) in [5.41, 5.74) is 2.52. The lowest BCUT2D eigenvalue weighted by Crippen LogP contribution is -2.52. The molecular formula is C20H27FN2O. The van der Waals surface area contributed by atoms with Gasteiger partial charge in [0.2, 0.25) is 0 Å². The van der Waals surface area contributed by atoms with Gasteiger partial charge in [-0.2, -0.15) is 0 Å². The molecule has 1 saturated carbocycles. The molecule has 3 aliphatic heterocycles. The largest absolute Gasteiger partial charge is 0.384 e. The van der Waals surface area contributed by atoms with Crippen LogP contribution in [0, 0.1) is 17.7 Å². The van der Waals surface area contributed by atoms with Crippen molar-refractivity contribution < 1.29 is 9.13 Å². The maximum Gasteiger partial charge on any atom is 0.123 e. The maximum atomic E-state index is 13.7. The van der Waals surface area contributed by atoms with Gasteiger partial charge in [-0.15, -0.1) is 0 Å². The van der Waals surface area contributed by atoms with E-state index < -0.39 is 0 Å². The summed E-state index contributed by atoms with van der Waals surface area (Å²) in [4.78, 5) is 2.65. The van der Waals surface area contributed by atoms with Crippen LogP contribution >= 0.6 is 0 Å². The molecule has 4 heteroatoms. The molecule has 1 unspecified atom stereocenters. The maximum absolute atomic E-state index is 13.7. The number of ether oxygens (including phenoxy) is 1. The molecule has 1 N–H and O–H groups in total. The summed E-state index contributed by atoms with van der Waals surface area (Å²) < 4.78 is 19.6. The number of fused-ring (bicyclic) bond motifs is 3. The monoisotopic (exact) mass is 330 g/mol. The van der Waals surface area contributed by atoms with Gasteiger partial charge in [-0.05, 0) is 80.8 Å². The second-order valence-corrected chi connectivity index (χ2v) is 8.34. The first-order valence-corrected chi connectivity index (χ1v) is 9.61. The molecule has 1 aromatic carbocycles. The van der Waals surface area contributed by atoms with E-state index in [0.717, 1.165) is 56.6 Å². The van der Waals surface area contributed by atoms with E-state index in [1.807, 2.05) is 6.07 Å². The quantitative estimate of drug-likeness (QED) is 0.899. The molecule has 0 amide bonds. The summed E-state index contributed by atoms with van der Waals surface area (Å²) in [6, 6.07) is 5.24. The average Bonchev–Trinajstić information content (AvgIpc) is 2.92. The summed E-state index contributed by atoms with van der Waals surface area (Å²) >= 11 is 0. The summed E-state index contributed by atoms with van der Waals surface area (Å²) in [6.07, 6.45) is 6.73. The van der Waals surface area contributed by atoms with Gasteiger partial charge in [0.1, 0.15) is 5.82 Å². The van der Waals surface area contributed by atoms with Gasteiger partial charge in [-0.25, -0.2) is 4.39 Å². The fourth-order valence-electron chi connectivity index (χ4n) is 5.54. The third-order valence-corrected chi connectivity index (χ3v) is 7.11. The smallest absolute Gasteiger partial charge is 0.123 e. The highest BCUT2D eigenvalue weighted by Crippen LogP contribution is 2.46.